The van der Waals surface area contributed by atoms with Gasteiger partial charge >= 0.3 is 0 Å². The molecule has 0 fully saturated rings. The molecule has 3 rings (SSSR count). The summed E-state index contributed by atoms with van der Waals surface area (Å²) < 4.78 is 0. The summed E-state index contributed by atoms with van der Waals surface area (Å²) in [6.07, 6.45) is 0. The summed E-state index contributed by atoms with van der Waals surface area (Å²) >= 11 is 9.48. The molecule has 3 heteroatoms. The van der Waals surface area contributed by atoms with Crippen molar-refractivity contribution in [2.24, 2.45) is 0 Å². The van der Waals surface area contributed by atoms with Gasteiger partial charge in [-0.25, -0.2) is 0 Å². The highest BCUT2D eigenvalue weighted by atomic mass is 79.9. The maximum atomic E-state index is 12.2. The Labute approximate surface area is 119 Å². The average Bonchev–Trinajstić information content (AvgIpc) is 2.64. The number of alkyl halides is 1. The molecule has 2 unspecified atom stereocenters. The van der Waals surface area contributed by atoms with Crippen molar-refractivity contribution < 1.29 is 4.79 Å². The van der Waals surface area contributed by atoms with Gasteiger partial charge in [0.1, 0.15) is 0 Å². The second-order valence-corrected chi connectivity index (χ2v) is 5.81. The van der Waals surface area contributed by atoms with Crippen molar-refractivity contribution >= 4 is 33.3 Å². The van der Waals surface area contributed by atoms with E-state index in [1.807, 2.05) is 30.3 Å². The number of hydrogen-bond donors (Lipinski definition) is 0. The van der Waals surface area contributed by atoms with Crippen molar-refractivity contribution in [3.63, 3.8) is 0 Å². The molecule has 2 atom stereocenters. The van der Waals surface area contributed by atoms with Crippen molar-refractivity contribution in [2.45, 2.75) is 10.7 Å². The molecule has 0 N–H and O–H groups in total. The molecule has 0 aliphatic heterocycles. The molecule has 0 saturated carbocycles. The summed E-state index contributed by atoms with van der Waals surface area (Å²) in [5.41, 5.74) is 2.93. The molecule has 0 bridgehead atoms. The molecule has 1 nitrogen and oxygen atoms in total. The van der Waals surface area contributed by atoms with E-state index in [0.717, 1.165) is 16.7 Å². The van der Waals surface area contributed by atoms with E-state index in [1.54, 1.807) is 6.07 Å². The Morgan fingerprint density at radius 3 is 2.50 bits per heavy atom. The van der Waals surface area contributed by atoms with Crippen LogP contribution in [0.25, 0.3) is 0 Å². The maximum Gasteiger partial charge on any atom is 0.177 e. The summed E-state index contributed by atoms with van der Waals surface area (Å²) in [5, 5.41) is 0.607. The quantitative estimate of drug-likeness (QED) is 0.710. The van der Waals surface area contributed by atoms with Gasteiger partial charge in [-0.15, -0.1) is 0 Å². The van der Waals surface area contributed by atoms with Gasteiger partial charge in [-0.2, -0.15) is 0 Å². The molecule has 2 aromatic carbocycles. The Bertz CT molecular complexity index is 609. The second kappa shape index (κ2) is 4.52. The Kier molecular flexibility index (Phi) is 3.00. The van der Waals surface area contributed by atoms with E-state index in [1.165, 1.54) is 0 Å². The molecule has 1 aliphatic rings. The molecule has 0 heterocycles. The second-order valence-electron chi connectivity index (χ2n) is 4.39. The van der Waals surface area contributed by atoms with E-state index >= 15 is 0 Å². The normalized spacial score (nSPS) is 22.0. The summed E-state index contributed by atoms with van der Waals surface area (Å²) in [4.78, 5) is 12.0. The summed E-state index contributed by atoms with van der Waals surface area (Å²) in [6, 6.07) is 15.6. The molecular formula is C15H10BrClO. The third-order valence-corrected chi connectivity index (χ3v) is 4.50. The number of fused-ring (bicyclic) bond motifs is 1. The Balaban J connectivity index is 2.16. The minimum absolute atomic E-state index is 0.0750. The molecular weight excluding hydrogens is 312 g/mol. The first kappa shape index (κ1) is 11.9. The summed E-state index contributed by atoms with van der Waals surface area (Å²) in [7, 11) is 0. The average molecular weight is 322 g/mol. The van der Waals surface area contributed by atoms with E-state index in [-0.39, 0.29) is 16.5 Å². The number of carbonyl (C=O) groups is 1. The number of carbonyl (C=O) groups excluding carboxylic acids is 1. The molecule has 0 saturated heterocycles. The summed E-state index contributed by atoms with van der Waals surface area (Å²) in [5.74, 6) is 0.187. The van der Waals surface area contributed by atoms with Crippen molar-refractivity contribution in [1.82, 2.24) is 0 Å². The van der Waals surface area contributed by atoms with Gasteiger partial charge in [-0.05, 0) is 23.3 Å². The zero-order chi connectivity index (χ0) is 12.7. The van der Waals surface area contributed by atoms with Crippen molar-refractivity contribution in [1.29, 1.82) is 0 Å². The predicted octanol–water partition coefficient (Wildman–Crippen LogP) is 4.43. The van der Waals surface area contributed by atoms with Crippen LogP contribution in [0.15, 0.2) is 48.5 Å². The molecule has 18 heavy (non-hydrogen) atoms. The molecule has 0 spiro atoms. The fourth-order valence-corrected chi connectivity index (χ4v) is 3.49. The van der Waals surface area contributed by atoms with Crippen LogP contribution in [-0.2, 0) is 0 Å². The van der Waals surface area contributed by atoms with Crippen LogP contribution in [0.4, 0.5) is 0 Å². The van der Waals surface area contributed by atoms with Gasteiger partial charge in [0.15, 0.2) is 5.78 Å². The maximum absolute atomic E-state index is 12.2. The number of ketones is 1. The number of Topliss-reactive ketones (excluding diaryl/α,β-unsaturated/α-hetero) is 1. The van der Waals surface area contributed by atoms with Crippen LogP contribution in [0, 0.1) is 0 Å². The smallest absolute Gasteiger partial charge is 0.177 e. The van der Waals surface area contributed by atoms with Crippen LogP contribution in [0.5, 0.6) is 0 Å². The SMILES string of the molecule is O=C1c2cc(Cl)ccc2C(c2ccccc2)C1Br. The van der Waals surface area contributed by atoms with E-state index in [2.05, 4.69) is 28.1 Å². The fraction of sp³-hybridized carbons (Fsp3) is 0.133. The van der Waals surface area contributed by atoms with Crippen LogP contribution < -0.4 is 0 Å². The van der Waals surface area contributed by atoms with E-state index < -0.39 is 0 Å². The van der Waals surface area contributed by atoms with Crippen molar-refractivity contribution in [2.75, 3.05) is 0 Å². The third-order valence-electron chi connectivity index (χ3n) is 3.32. The van der Waals surface area contributed by atoms with Gasteiger partial charge in [0.25, 0.3) is 0 Å². The minimum Gasteiger partial charge on any atom is -0.293 e. The largest absolute Gasteiger partial charge is 0.293 e. The number of hydrogen-bond acceptors (Lipinski definition) is 1. The van der Waals surface area contributed by atoms with E-state index in [4.69, 9.17) is 11.6 Å². The first-order chi connectivity index (χ1) is 8.68. The first-order valence-electron chi connectivity index (χ1n) is 5.71. The number of benzene rings is 2. The van der Waals surface area contributed by atoms with Gasteiger partial charge in [0.2, 0.25) is 0 Å². The standard InChI is InChI=1S/C15H10BrClO/c16-14-13(9-4-2-1-3-5-9)11-7-6-10(17)8-12(11)15(14)18/h1-8,13-14H. The highest BCUT2D eigenvalue weighted by Gasteiger charge is 2.38. The van der Waals surface area contributed by atoms with Crippen LogP contribution in [0.1, 0.15) is 27.4 Å². The van der Waals surface area contributed by atoms with Crippen LogP contribution in [-0.4, -0.2) is 10.6 Å². The van der Waals surface area contributed by atoms with Gasteiger partial charge < -0.3 is 0 Å². The molecule has 0 radical (unpaired) electrons. The molecule has 1 aliphatic carbocycles. The molecule has 0 aromatic heterocycles. The van der Waals surface area contributed by atoms with E-state index in [9.17, 15) is 4.79 Å². The lowest BCUT2D eigenvalue weighted by Crippen LogP contribution is -2.13. The Morgan fingerprint density at radius 2 is 1.78 bits per heavy atom. The highest BCUT2D eigenvalue weighted by Crippen LogP contribution is 2.42. The lowest BCUT2D eigenvalue weighted by Gasteiger charge is -2.14. The third kappa shape index (κ3) is 1.80. The topological polar surface area (TPSA) is 17.1 Å². The van der Waals surface area contributed by atoms with Crippen LogP contribution in [0.3, 0.4) is 0 Å². The van der Waals surface area contributed by atoms with Crippen molar-refractivity contribution in [3.05, 3.63) is 70.2 Å². The Hall–Kier alpha value is -1.12. The van der Waals surface area contributed by atoms with E-state index in [0.29, 0.717) is 5.02 Å². The van der Waals surface area contributed by atoms with Gasteiger partial charge in [0, 0.05) is 16.5 Å². The fourth-order valence-electron chi connectivity index (χ4n) is 2.48. The summed E-state index contributed by atoms with van der Waals surface area (Å²) in [6.45, 7) is 0. The first-order valence-corrected chi connectivity index (χ1v) is 7.00. The minimum atomic E-state index is -0.201. The predicted molar refractivity (Wildman–Crippen MR) is 76.8 cm³/mol. The number of rotatable bonds is 1. The molecule has 90 valence electrons. The zero-order valence-corrected chi connectivity index (χ0v) is 11.8. The highest BCUT2D eigenvalue weighted by molar-refractivity contribution is 9.10. The van der Waals surface area contributed by atoms with Gasteiger partial charge in [0.05, 0.1) is 4.83 Å². The number of halogens is 2. The van der Waals surface area contributed by atoms with Crippen molar-refractivity contribution in [3.8, 4) is 0 Å². The zero-order valence-electron chi connectivity index (χ0n) is 9.44. The van der Waals surface area contributed by atoms with Crippen LogP contribution in [0.2, 0.25) is 5.02 Å². The Morgan fingerprint density at radius 1 is 1.06 bits per heavy atom. The van der Waals surface area contributed by atoms with Gasteiger partial charge in [-0.3, -0.25) is 4.79 Å². The van der Waals surface area contributed by atoms with Gasteiger partial charge in [-0.1, -0.05) is 63.9 Å². The lowest BCUT2D eigenvalue weighted by atomic mass is 9.93. The molecule has 2 aromatic rings. The van der Waals surface area contributed by atoms with Crippen LogP contribution >= 0.6 is 27.5 Å². The molecule has 0 amide bonds. The monoisotopic (exact) mass is 320 g/mol. The lowest BCUT2D eigenvalue weighted by molar-refractivity contribution is 0.0999.